The molecule has 2 saturated heterocycles. The first kappa shape index (κ1) is 29.0. The van der Waals surface area contributed by atoms with Crippen molar-refractivity contribution in [1.29, 1.82) is 0 Å². The van der Waals surface area contributed by atoms with Gasteiger partial charge in [0.15, 0.2) is 0 Å². The van der Waals surface area contributed by atoms with Crippen LogP contribution in [0.2, 0.25) is 0 Å². The fourth-order valence-electron chi connectivity index (χ4n) is 6.74. The number of para-hydroxylation sites is 1. The van der Waals surface area contributed by atoms with Crippen molar-refractivity contribution in [2.45, 2.75) is 31.2 Å². The molecule has 2 atom stereocenters. The molecule has 222 valence electrons. The number of hydrogen-bond acceptors (Lipinski definition) is 5. The lowest BCUT2D eigenvalue weighted by atomic mass is 9.87. The van der Waals surface area contributed by atoms with Gasteiger partial charge in [-0.1, -0.05) is 24.3 Å². The van der Waals surface area contributed by atoms with Gasteiger partial charge in [-0.15, -0.1) is 0 Å². The van der Waals surface area contributed by atoms with E-state index >= 15 is 0 Å². The number of piperidine rings is 1. The zero-order valence-electron chi connectivity index (χ0n) is 23.8. The van der Waals surface area contributed by atoms with E-state index < -0.39 is 10.0 Å². The van der Waals surface area contributed by atoms with Crippen LogP contribution < -0.4 is 4.72 Å². The highest BCUT2D eigenvalue weighted by atomic mass is 32.2. The molecule has 10 heteroatoms. The van der Waals surface area contributed by atoms with Crippen LogP contribution in [-0.4, -0.2) is 74.2 Å². The third-order valence-electron chi connectivity index (χ3n) is 8.86. The Kier molecular flexibility index (Phi) is 8.49. The number of likely N-dealkylation sites (tertiary alicyclic amines) is 2. The maximum atomic E-state index is 14.1. The third-order valence-corrected chi connectivity index (χ3v) is 10.3. The second-order valence-corrected chi connectivity index (χ2v) is 14.3. The number of hydrogen-bond donors (Lipinski definition) is 1. The summed E-state index contributed by atoms with van der Waals surface area (Å²) in [6.45, 7) is 5.01. The highest BCUT2D eigenvalue weighted by Crippen LogP contribution is 2.37. The minimum Gasteiger partial charge on any atom is -0.346 e. The van der Waals surface area contributed by atoms with Gasteiger partial charge in [0.25, 0.3) is 5.91 Å². The molecule has 2 fully saturated rings. The van der Waals surface area contributed by atoms with Gasteiger partial charge in [0.1, 0.15) is 5.82 Å². The average molecular weight is 609 g/mol. The van der Waals surface area contributed by atoms with Crippen LogP contribution in [0.4, 0.5) is 4.39 Å². The fourth-order valence-corrected chi connectivity index (χ4v) is 7.93. The molecule has 0 radical (unpaired) electrons. The Labute approximate surface area is 251 Å². The predicted octanol–water partition coefficient (Wildman–Crippen LogP) is 5.13. The number of aromatic nitrogens is 1. The van der Waals surface area contributed by atoms with Crippen LogP contribution in [-0.2, 0) is 16.6 Å². The quantitative estimate of drug-likeness (QED) is 0.286. The van der Waals surface area contributed by atoms with E-state index in [1.165, 1.54) is 11.1 Å². The second-order valence-electron chi connectivity index (χ2n) is 11.7. The molecule has 2 aromatic carbocycles. The van der Waals surface area contributed by atoms with Crippen molar-refractivity contribution in [3.8, 4) is 0 Å². The first-order chi connectivity index (χ1) is 20.2. The van der Waals surface area contributed by atoms with Crippen molar-refractivity contribution in [1.82, 2.24) is 19.1 Å². The normalized spacial score (nSPS) is 20.5. The standard InChI is InChI=1S/C32H37FN4O3S2/c1-42(39,40)34-13-17-36-16-11-25-3-2-4-29(31(25)36)32(38)37-20-27(30(21-37)26-12-18-41-22-26)19-35-14-9-24(10-15-35)23-5-7-28(33)8-6-23/h2-8,11-12,16,18,22,24,27,30,34H,9-10,13-15,17,19-21H2,1H3. The molecule has 1 amide bonds. The van der Waals surface area contributed by atoms with Gasteiger partial charge in [0, 0.05) is 50.2 Å². The molecule has 7 nitrogen and oxygen atoms in total. The summed E-state index contributed by atoms with van der Waals surface area (Å²) in [4.78, 5) is 18.6. The molecule has 0 spiro atoms. The van der Waals surface area contributed by atoms with Gasteiger partial charge < -0.3 is 14.4 Å². The van der Waals surface area contributed by atoms with E-state index in [1.807, 2.05) is 52.1 Å². The van der Waals surface area contributed by atoms with Gasteiger partial charge in [-0.2, -0.15) is 11.3 Å². The Morgan fingerprint density at radius 1 is 1.02 bits per heavy atom. The molecular weight excluding hydrogens is 572 g/mol. The first-order valence-corrected chi connectivity index (χ1v) is 17.4. The van der Waals surface area contributed by atoms with Crippen LogP contribution in [0.3, 0.4) is 0 Å². The van der Waals surface area contributed by atoms with Gasteiger partial charge in [-0.3, -0.25) is 4.79 Å². The minimum atomic E-state index is -3.29. The van der Waals surface area contributed by atoms with E-state index in [0.717, 1.165) is 49.6 Å². The summed E-state index contributed by atoms with van der Waals surface area (Å²) in [6.07, 6.45) is 5.17. The highest BCUT2D eigenvalue weighted by Gasteiger charge is 2.38. The van der Waals surface area contributed by atoms with Gasteiger partial charge >= 0.3 is 0 Å². The number of nitrogens with one attached hydrogen (secondary N) is 1. The zero-order valence-corrected chi connectivity index (χ0v) is 25.4. The lowest BCUT2D eigenvalue weighted by Crippen LogP contribution is -2.38. The van der Waals surface area contributed by atoms with Crippen molar-refractivity contribution in [2.24, 2.45) is 5.92 Å². The van der Waals surface area contributed by atoms with Crippen LogP contribution in [0, 0.1) is 11.7 Å². The summed E-state index contributed by atoms with van der Waals surface area (Å²) in [5, 5.41) is 5.30. The molecule has 42 heavy (non-hydrogen) atoms. The Hall–Kier alpha value is -3.05. The number of nitrogens with zero attached hydrogens (tertiary/aromatic N) is 3. The number of sulfonamides is 1. The van der Waals surface area contributed by atoms with Gasteiger partial charge in [0.05, 0.1) is 17.3 Å². The number of carbonyl (C=O) groups is 1. The van der Waals surface area contributed by atoms with Crippen LogP contribution in [0.15, 0.2) is 71.6 Å². The molecule has 0 aliphatic carbocycles. The van der Waals surface area contributed by atoms with Crippen molar-refractivity contribution >= 4 is 38.2 Å². The zero-order chi connectivity index (χ0) is 29.3. The molecule has 1 N–H and O–H groups in total. The number of fused-ring (bicyclic) bond motifs is 1. The number of rotatable bonds is 9. The molecule has 2 unspecified atom stereocenters. The van der Waals surface area contributed by atoms with Crippen molar-refractivity contribution in [3.63, 3.8) is 0 Å². The lowest BCUT2D eigenvalue weighted by Gasteiger charge is -2.34. The molecule has 0 saturated carbocycles. The molecule has 4 heterocycles. The number of thiophene rings is 1. The maximum Gasteiger partial charge on any atom is 0.256 e. The van der Waals surface area contributed by atoms with E-state index in [0.29, 0.717) is 37.0 Å². The van der Waals surface area contributed by atoms with Gasteiger partial charge in [-0.25, -0.2) is 17.5 Å². The SMILES string of the molecule is CS(=O)(=O)NCCn1ccc2cccc(C(=O)N3CC(CN4CCC(c5ccc(F)cc5)CC4)C(c4ccsc4)C3)c21. The van der Waals surface area contributed by atoms with Gasteiger partial charge in [0.2, 0.25) is 10.0 Å². The Bertz CT molecular complexity index is 1630. The summed E-state index contributed by atoms with van der Waals surface area (Å²) >= 11 is 1.70. The second kappa shape index (κ2) is 12.3. The molecule has 2 aliphatic rings. The Balaban J connectivity index is 1.17. The molecular formula is C32H37FN4O3S2. The van der Waals surface area contributed by atoms with Crippen molar-refractivity contribution in [3.05, 3.63) is 94.1 Å². The topological polar surface area (TPSA) is 74.6 Å². The number of amides is 1. The monoisotopic (exact) mass is 608 g/mol. The molecule has 2 aromatic heterocycles. The average Bonchev–Trinajstić information content (AvgIpc) is 3.73. The third kappa shape index (κ3) is 6.46. The number of carbonyl (C=O) groups excluding carboxylic acids is 1. The summed E-state index contributed by atoms with van der Waals surface area (Å²) < 4.78 is 41.1. The summed E-state index contributed by atoms with van der Waals surface area (Å²) in [5.41, 5.74) is 4.02. The van der Waals surface area contributed by atoms with Crippen LogP contribution in [0.5, 0.6) is 0 Å². The van der Waals surface area contributed by atoms with Crippen LogP contribution in [0.1, 0.15) is 46.2 Å². The number of benzene rings is 2. The van der Waals surface area contributed by atoms with Crippen LogP contribution >= 0.6 is 11.3 Å². The van der Waals surface area contributed by atoms with E-state index in [2.05, 4.69) is 26.4 Å². The molecule has 6 rings (SSSR count). The van der Waals surface area contributed by atoms with Gasteiger partial charge in [-0.05, 0) is 90.0 Å². The fraction of sp³-hybridized carbons (Fsp3) is 0.406. The highest BCUT2D eigenvalue weighted by molar-refractivity contribution is 7.88. The maximum absolute atomic E-state index is 14.1. The Morgan fingerprint density at radius 2 is 1.81 bits per heavy atom. The summed E-state index contributed by atoms with van der Waals surface area (Å²) in [5.74, 6) is 0.898. The predicted molar refractivity (Wildman–Crippen MR) is 166 cm³/mol. The van der Waals surface area contributed by atoms with E-state index in [9.17, 15) is 17.6 Å². The molecule has 4 aromatic rings. The largest absolute Gasteiger partial charge is 0.346 e. The van der Waals surface area contributed by atoms with E-state index in [1.54, 1.807) is 23.5 Å². The Morgan fingerprint density at radius 3 is 2.52 bits per heavy atom. The minimum absolute atomic E-state index is 0.0226. The number of halogens is 1. The summed E-state index contributed by atoms with van der Waals surface area (Å²) in [7, 11) is -3.29. The smallest absolute Gasteiger partial charge is 0.256 e. The lowest BCUT2D eigenvalue weighted by molar-refractivity contribution is 0.0783. The van der Waals surface area contributed by atoms with E-state index in [4.69, 9.17) is 0 Å². The molecule has 2 aliphatic heterocycles. The van der Waals surface area contributed by atoms with E-state index in [-0.39, 0.29) is 24.2 Å². The first-order valence-electron chi connectivity index (χ1n) is 14.6. The summed E-state index contributed by atoms with van der Waals surface area (Å²) in [6, 6.07) is 16.9. The van der Waals surface area contributed by atoms with Crippen molar-refractivity contribution in [2.75, 3.05) is 45.5 Å². The van der Waals surface area contributed by atoms with Crippen molar-refractivity contribution < 1.29 is 17.6 Å². The van der Waals surface area contributed by atoms with Crippen LogP contribution in [0.25, 0.3) is 10.9 Å². The molecule has 0 bridgehead atoms.